The molecule has 0 saturated heterocycles. The van der Waals surface area contributed by atoms with Crippen LogP contribution >= 0.6 is 0 Å². The molecule has 90 valence electrons. The molecule has 0 amide bonds. The van der Waals surface area contributed by atoms with Crippen LogP contribution in [0.4, 0.5) is 14.6 Å². The highest BCUT2D eigenvalue weighted by Crippen LogP contribution is 2.33. The Balaban J connectivity index is 2.63. The number of halogens is 2. The minimum Gasteiger partial charge on any atom is -0.493 e. The van der Waals surface area contributed by atoms with Crippen molar-refractivity contribution in [1.29, 1.82) is 0 Å². The number of nitrogens with zero attached hydrogens (tertiary/aromatic N) is 2. The molecule has 2 aromatic rings. The lowest BCUT2D eigenvalue weighted by Crippen LogP contribution is -1.97. The number of anilines is 1. The molecule has 0 bridgehead atoms. The summed E-state index contributed by atoms with van der Waals surface area (Å²) in [5, 5.41) is 4.08. The molecule has 0 atom stereocenters. The predicted molar refractivity (Wildman–Crippen MR) is 59.5 cm³/mol. The molecule has 1 heterocycles. The maximum atomic E-state index is 13.5. The quantitative estimate of drug-likeness (QED) is 0.871. The van der Waals surface area contributed by atoms with Gasteiger partial charge in [-0.05, 0) is 12.1 Å². The summed E-state index contributed by atoms with van der Waals surface area (Å²) in [6.45, 7) is 0. The number of nitrogen functional groups attached to an aromatic ring is 1. The molecule has 6 heteroatoms. The molecule has 0 saturated carbocycles. The third-order valence-electron chi connectivity index (χ3n) is 2.45. The van der Waals surface area contributed by atoms with E-state index in [1.165, 1.54) is 17.9 Å². The summed E-state index contributed by atoms with van der Waals surface area (Å²) in [4.78, 5) is 0. The first-order valence-corrected chi connectivity index (χ1v) is 4.86. The SMILES string of the molecule is COc1c(-c2cc(N)n(C)n2)ccc(F)c1F. The third-order valence-corrected chi connectivity index (χ3v) is 2.45. The van der Waals surface area contributed by atoms with Crippen molar-refractivity contribution in [3.8, 4) is 17.0 Å². The van der Waals surface area contributed by atoms with Crippen LogP contribution in [0.5, 0.6) is 5.75 Å². The van der Waals surface area contributed by atoms with E-state index in [-0.39, 0.29) is 5.75 Å². The van der Waals surface area contributed by atoms with Crippen molar-refractivity contribution in [1.82, 2.24) is 9.78 Å². The fourth-order valence-electron chi connectivity index (χ4n) is 1.55. The molecule has 0 aliphatic heterocycles. The molecule has 4 nitrogen and oxygen atoms in total. The lowest BCUT2D eigenvalue weighted by molar-refractivity contribution is 0.373. The van der Waals surface area contributed by atoms with Crippen LogP contribution in [0.25, 0.3) is 11.3 Å². The van der Waals surface area contributed by atoms with Gasteiger partial charge in [-0.25, -0.2) is 4.39 Å². The van der Waals surface area contributed by atoms with Crippen molar-refractivity contribution in [3.05, 3.63) is 29.8 Å². The van der Waals surface area contributed by atoms with E-state index >= 15 is 0 Å². The lowest BCUT2D eigenvalue weighted by atomic mass is 10.1. The van der Waals surface area contributed by atoms with Crippen molar-refractivity contribution in [3.63, 3.8) is 0 Å². The van der Waals surface area contributed by atoms with Gasteiger partial charge in [-0.15, -0.1) is 0 Å². The Hall–Kier alpha value is -2.11. The Bertz CT molecular complexity index is 547. The average Bonchev–Trinajstić information content (AvgIpc) is 2.62. The fraction of sp³-hybridized carbons (Fsp3) is 0.182. The van der Waals surface area contributed by atoms with E-state index in [9.17, 15) is 8.78 Å². The molecule has 0 radical (unpaired) electrons. The van der Waals surface area contributed by atoms with E-state index in [0.29, 0.717) is 17.1 Å². The number of hydrogen-bond donors (Lipinski definition) is 1. The first-order valence-electron chi connectivity index (χ1n) is 4.86. The van der Waals surface area contributed by atoms with E-state index in [0.717, 1.165) is 6.07 Å². The zero-order valence-electron chi connectivity index (χ0n) is 9.37. The zero-order valence-corrected chi connectivity index (χ0v) is 9.37. The van der Waals surface area contributed by atoms with E-state index in [1.807, 2.05) is 0 Å². The van der Waals surface area contributed by atoms with Gasteiger partial charge in [0.2, 0.25) is 5.82 Å². The monoisotopic (exact) mass is 239 g/mol. The van der Waals surface area contributed by atoms with Gasteiger partial charge in [0.05, 0.1) is 12.8 Å². The number of aryl methyl sites for hydroxylation is 1. The van der Waals surface area contributed by atoms with Gasteiger partial charge in [0, 0.05) is 18.7 Å². The molecule has 0 fully saturated rings. The topological polar surface area (TPSA) is 53.1 Å². The van der Waals surface area contributed by atoms with Gasteiger partial charge in [-0.1, -0.05) is 0 Å². The number of benzene rings is 1. The smallest absolute Gasteiger partial charge is 0.201 e. The normalized spacial score (nSPS) is 10.6. The highest BCUT2D eigenvalue weighted by Gasteiger charge is 2.17. The summed E-state index contributed by atoms with van der Waals surface area (Å²) >= 11 is 0. The van der Waals surface area contributed by atoms with Crippen LogP contribution in [0.1, 0.15) is 0 Å². The van der Waals surface area contributed by atoms with Gasteiger partial charge in [0.15, 0.2) is 11.6 Å². The number of methoxy groups -OCH3 is 1. The first-order chi connectivity index (χ1) is 8.04. The molecule has 1 aromatic heterocycles. The zero-order chi connectivity index (χ0) is 12.6. The number of rotatable bonds is 2. The molecule has 2 rings (SSSR count). The van der Waals surface area contributed by atoms with Crippen LogP contribution in [-0.4, -0.2) is 16.9 Å². The predicted octanol–water partition coefficient (Wildman–Crippen LogP) is 1.96. The maximum Gasteiger partial charge on any atom is 0.201 e. The molecule has 0 spiro atoms. The number of hydrogen-bond acceptors (Lipinski definition) is 3. The van der Waals surface area contributed by atoms with Crippen molar-refractivity contribution < 1.29 is 13.5 Å². The Morgan fingerprint density at radius 2 is 2.06 bits per heavy atom. The van der Waals surface area contributed by atoms with Crippen molar-refractivity contribution in [2.75, 3.05) is 12.8 Å². The highest BCUT2D eigenvalue weighted by atomic mass is 19.2. The molecule has 17 heavy (non-hydrogen) atoms. The van der Waals surface area contributed by atoms with Gasteiger partial charge in [-0.2, -0.15) is 9.49 Å². The van der Waals surface area contributed by atoms with E-state index < -0.39 is 11.6 Å². The summed E-state index contributed by atoms with van der Waals surface area (Å²) < 4.78 is 32.8. The largest absolute Gasteiger partial charge is 0.493 e. The standard InChI is InChI=1S/C11H11F2N3O/c1-16-9(14)5-8(15-16)6-3-4-7(12)10(13)11(6)17-2/h3-5H,14H2,1-2H3. The average molecular weight is 239 g/mol. The van der Waals surface area contributed by atoms with Crippen LogP contribution in [0.3, 0.4) is 0 Å². The minimum atomic E-state index is -1.03. The van der Waals surface area contributed by atoms with Crippen molar-refractivity contribution >= 4 is 5.82 Å². The van der Waals surface area contributed by atoms with Crippen LogP contribution < -0.4 is 10.5 Å². The van der Waals surface area contributed by atoms with Crippen molar-refractivity contribution in [2.45, 2.75) is 0 Å². The van der Waals surface area contributed by atoms with E-state index in [1.54, 1.807) is 13.1 Å². The Morgan fingerprint density at radius 3 is 2.59 bits per heavy atom. The Morgan fingerprint density at radius 1 is 1.35 bits per heavy atom. The maximum absolute atomic E-state index is 13.5. The third kappa shape index (κ3) is 1.82. The first kappa shape index (κ1) is 11.4. The molecule has 2 N–H and O–H groups in total. The number of ether oxygens (including phenoxy) is 1. The second kappa shape index (κ2) is 4.04. The molecule has 1 aromatic carbocycles. The van der Waals surface area contributed by atoms with E-state index in [2.05, 4.69) is 5.10 Å². The van der Waals surface area contributed by atoms with E-state index in [4.69, 9.17) is 10.5 Å². The van der Waals surface area contributed by atoms with Crippen molar-refractivity contribution in [2.24, 2.45) is 7.05 Å². The minimum absolute atomic E-state index is 0.178. The van der Waals surface area contributed by atoms with Gasteiger partial charge in [0.25, 0.3) is 0 Å². The van der Waals surface area contributed by atoms with Crippen LogP contribution in [0.15, 0.2) is 18.2 Å². The van der Waals surface area contributed by atoms with Gasteiger partial charge < -0.3 is 10.5 Å². The summed E-state index contributed by atoms with van der Waals surface area (Å²) in [6, 6.07) is 3.99. The number of aromatic nitrogens is 2. The van der Waals surface area contributed by atoms with Crippen LogP contribution in [-0.2, 0) is 7.05 Å². The second-order valence-electron chi connectivity index (χ2n) is 3.52. The summed E-state index contributed by atoms with van der Waals surface area (Å²) in [6.07, 6.45) is 0. The summed E-state index contributed by atoms with van der Waals surface area (Å²) in [5.41, 5.74) is 6.42. The van der Waals surface area contributed by atoms with Gasteiger partial charge in [0.1, 0.15) is 5.82 Å². The Labute approximate surface area is 96.6 Å². The highest BCUT2D eigenvalue weighted by molar-refractivity contribution is 5.69. The number of nitrogens with two attached hydrogens (primary N) is 1. The van der Waals surface area contributed by atoms with Gasteiger partial charge in [-0.3, -0.25) is 4.68 Å². The Kier molecular flexibility index (Phi) is 2.71. The molecule has 0 aliphatic rings. The molecular formula is C11H11F2N3O. The fourth-order valence-corrected chi connectivity index (χ4v) is 1.55. The molecule has 0 unspecified atom stereocenters. The summed E-state index contributed by atoms with van der Waals surface area (Å²) in [5.74, 6) is -1.75. The van der Waals surface area contributed by atoms with Crippen LogP contribution in [0.2, 0.25) is 0 Å². The van der Waals surface area contributed by atoms with Gasteiger partial charge >= 0.3 is 0 Å². The molecular weight excluding hydrogens is 228 g/mol. The summed E-state index contributed by atoms with van der Waals surface area (Å²) in [7, 11) is 2.93. The lowest BCUT2D eigenvalue weighted by Gasteiger charge is -2.07. The second-order valence-corrected chi connectivity index (χ2v) is 3.52. The molecule has 0 aliphatic carbocycles. The van der Waals surface area contributed by atoms with Crippen LogP contribution in [0, 0.1) is 11.6 Å².